The van der Waals surface area contributed by atoms with Crippen molar-refractivity contribution in [2.24, 2.45) is 5.92 Å². The number of rotatable bonds is 19. The number of hydrogen-bond acceptors (Lipinski definition) is 16. The predicted octanol–water partition coefficient (Wildman–Crippen LogP) is 4.50. The molecular formula is C52H75ClN4O17. The van der Waals surface area contributed by atoms with E-state index >= 15 is 0 Å². The normalized spacial score (nSPS) is 27.1. The second-order valence-corrected chi connectivity index (χ2v) is 20.0. The third kappa shape index (κ3) is 15.4. The number of amides is 4. The van der Waals surface area contributed by atoms with E-state index < -0.39 is 89.8 Å². The number of likely N-dealkylation sites (tertiary alicyclic amines) is 1. The van der Waals surface area contributed by atoms with Crippen molar-refractivity contribution in [3.63, 3.8) is 0 Å². The van der Waals surface area contributed by atoms with Crippen molar-refractivity contribution in [3.8, 4) is 5.75 Å². The summed E-state index contributed by atoms with van der Waals surface area (Å²) in [6, 6.07) is 2.07. The molecular weight excluding hydrogens is 988 g/mol. The highest BCUT2D eigenvalue weighted by Gasteiger charge is 2.64. The second-order valence-electron chi connectivity index (χ2n) is 19.6. The maximum Gasteiger partial charge on any atom is 0.409 e. The quantitative estimate of drug-likeness (QED) is 0.0838. The zero-order chi connectivity index (χ0) is 54.5. The van der Waals surface area contributed by atoms with E-state index in [1.54, 1.807) is 61.9 Å². The van der Waals surface area contributed by atoms with Crippen LogP contribution in [-0.4, -0.2) is 195 Å². The highest BCUT2D eigenvalue weighted by molar-refractivity contribution is 6.35. The van der Waals surface area contributed by atoms with Crippen LogP contribution in [0.2, 0.25) is 5.02 Å². The number of carboxylic acids is 1. The summed E-state index contributed by atoms with van der Waals surface area (Å²) in [6.07, 6.45) is 1.16. The van der Waals surface area contributed by atoms with Gasteiger partial charge in [-0.15, -0.1) is 0 Å². The number of carbonyl (C=O) groups is 7. The Hall–Kier alpha value is -5.32. The third-order valence-corrected chi connectivity index (χ3v) is 14.8. The number of methoxy groups -OCH3 is 2. The van der Waals surface area contributed by atoms with Crippen LogP contribution in [0.5, 0.6) is 5.75 Å². The number of halogens is 1. The second kappa shape index (κ2) is 26.9. The Balaban J connectivity index is 1.33. The van der Waals surface area contributed by atoms with E-state index in [4.69, 9.17) is 54.6 Å². The van der Waals surface area contributed by atoms with Gasteiger partial charge in [0.1, 0.15) is 46.3 Å². The molecule has 0 aliphatic carbocycles. The van der Waals surface area contributed by atoms with Gasteiger partial charge < -0.3 is 67.7 Å². The van der Waals surface area contributed by atoms with Gasteiger partial charge in [-0.05, 0) is 64.7 Å². The fourth-order valence-corrected chi connectivity index (χ4v) is 10.0. The monoisotopic (exact) mass is 1060 g/mol. The van der Waals surface area contributed by atoms with Crippen molar-refractivity contribution in [3.05, 3.63) is 46.5 Å². The zero-order valence-electron chi connectivity index (χ0n) is 44.1. The van der Waals surface area contributed by atoms with Crippen molar-refractivity contribution >= 4 is 59.0 Å². The number of fused-ring (bicyclic) bond motifs is 5. The van der Waals surface area contributed by atoms with Gasteiger partial charge in [-0.2, -0.15) is 0 Å². The molecule has 8 atom stereocenters. The number of ether oxygens (including phenoxy) is 8. The van der Waals surface area contributed by atoms with Gasteiger partial charge in [0.15, 0.2) is 0 Å². The summed E-state index contributed by atoms with van der Waals surface area (Å²) >= 11 is 6.83. The molecule has 4 heterocycles. The smallest absolute Gasteiger partial charge is 0.409 e. The summed E-state index contributed by atoms with van der Waals surface area (Å²) in [4.78, 5) is 98.5. The van der Waals surface area contributed by atoms with E-state index in [1.165, 1.54) is 38.0 Å². The topological polar surface area (TPSA) is 250 Å². The fraction of sp³-hybridized carbons (Fsp3) is 0.673. The lowest BCUT2D eigenvalue weighted by atomic mass is 9.78. The number of aliphatic hydroxyl groups is 1. The fourth-order valence-electron chi connectivity index (χ4n) is 9.74. The van der Waals surface area contributed by atoms with Crippen LogP contribution in [0.1, 0.15) is 91.5 Å². The molecule has 4 amide bonds. The Labute approximate surface area is 438 Å². The molecule has 4 aliphatic rings. The molecule has 1 unspecified atom stereocenters. The lowest BCUT2D eigenvalue weighted by Crippen LogP contribution is -2.53. The molecule has 5 rings (SSSR count). The van der Waals surface area contributed by atoms with Crippen LogP contribution in [-0.2, 0) is 68.3 Å². The minimum atomic E-state index is -1.65. The summed E-state index contributed by atoms with van der Waals surface area (Å²) in [5, 5.41) is 21.0. The number of likely N-dealkylation sites (N-methyl/N-ethyl adjacent to an activating group) is 1. The van der Waals surface area contributed by atoms with Gasteiger partial charge in [-0.25, -0.2) is 9.59 Å². The number of esters is 2. The third-order valence-electron chi connectivity index (χ3n) is 14.4. The molecule has 21 nitrogen and oxygen atoms in total. The molecule has 412 valence electrons. The predicted molar refractivity (Wildman–Crippen MR) is 269 cm³/mol. The van der Waals surface area contributed by atoms with Gasteiger partial charge in [0, 0.05) is 72.1 Å². The molecule has 22 heteroatoms. The van der Waals surface area contributed by atoms with Crippen molar-refractivity contribution in [1.29, 1.82) is 0 Å². The number of carboxylic acid groups (broad SMARTS) is 1. The number of aliphatic carboxylic acids is 1. The number of anilines is 1. The SMILES string of the molecule is CCOC(=O)N1CCC(N(CCOCCOCCC(=O)O)C(=O)CCC(=O)N(C)[C@@H](C)C(=O)O[C@H]2CC(=O)N(C)c3cc(cc(OC)c3Cl)C/C(C)=C/C=C/[C@@H](OC)[C@]3(O)CC(=O)O[C@@H](C3)[C@@H](C)C3O[C@]32C)CC1. The average Bonchev–Trinajstić information content (AvgIpc) is 4.06. The minimum absolute atomic E-state index is 0.00260. The number of hydrogen-bond donors (Lipinski definition) is 2. The van der Waals surface area contributed by atoms with Gasteiger partial charge >= 0.3 is 24.0 Å². The van der Waals surface area contributed by atoms with E-state index in [0.717, 1.165) is 11.1 Å². The van der Waals surface area contributed by atoms with Gasteiger partial charge in [-0.3, -0.25) is 24.0 Å². The van der Waals surface area contributed by atoms with Gasteiger partial charge in [0.2, 0.25) is 17.7 Å². The number of piperidine rings is 1. The summed E-state index contributed by atoms with van der Waals surface area (Å²) in [6.45, 7) is 10.2. The maximum absolute atomic E-state index is 14.4. The molecule has 74 heavy (non-hydrogen) atoms. The summed E-state index contributed by atoms with van der Waals surface area (Å²) in [5.74, 6) is -4.08. The maximum atomic E-state index is 14.4. The lowest BCUT2D eigenvalue weighted by molar-refractivity contribution is -0.187. The first-order valence-corrected chi connectivity index (χ1v) is 25.6. The Bertz CT molecular complexity index is 2240. The molecule has 1 aromatic carbocycles. The van der Waals surface area contributed by atoms with Crippen LogP contribution >= 0.6 is 11.6 Å². The number of epoxide rings is 1. The molecule has 0 spiro atoms. The van der Waals surface area contributed by atoms with Gasteiger partial charge in [-0.1, -0.05) is 42.3 Å². The van der Waals surface area contributed by atoms with Crippen molar-refractivity contribution in [2.75, 3.05) is 85.9 Å². The Morgan fingerprint density at radius 1 is 1.00 bits per heavy atom. The molecule has 0 aromatic heterocycles. The summed E-state index contributed by atoms with van der Waals surface area (Å²) < 4.78 is 45.8. The number of carbonyl (C=O) groups excluding carboxylic acids is 6. The molecule has 3 fully saturated rings. The first kappa shape index (κ1) is 59.6. The van der Waals surface area contributed by atoms with Crippen molar-refractivity contribution < 1.29 is 81.7 Å². The highest BCUT2D eigenvalue weighted by atomic mass is 35.5. The summed E-state index contributed by atoms with van der Waals surface area (Å²) in [7, 11) is 5.87. The van der Waals surface area contributed by atoms with E-state index in [-0.39, 0.29) is 88.7 Å². The first-order valence-electron chi connectivity index (χ1n) is 25.2. The van der Waals surface area contributed by atoms with Crippen LogP contribution in [0, 0.1) is 5.92 Å². The van der Waals surface area contributed by atoms with Crippen LogP contribution < -0.4 is 9.64 Å². The molecule has 2 N–H and O–H groups in total. The van der Waals surface area contributed by atoms with Crippen LogP contribution in [0.4, 0.5) is 10.5 Å². The van der Waals surface area contributed by atoms with Gasteiger partial charge in [0.05, 0.1) is 71.2 Å². The molecule has 3 saturated heterocycles. The Kier molecular flexibility index (Phi) is 21.7. The van der Waals surface area contributed by atoms with Gasteiger partial charge in [0.25, 0.3) is 0 Å². The molecule has 4 aliphatic heterocycles. The van der Waals surface area contributed by atoms with E-state index in [9.17, 15) is 38.7 Å². The van der Waals surface area contributed by atoms with Crippen LogP contribution in [0.25, 0.3) is 0 Å². The molecule has 4 bridgehead atoms. The largest absolute Gasteiger partial charge is 0.495 e. The number of allylic oxidation sites excluding steroid dienone is 3. The van der Waals surface area contributed by atoms with Crippen molar-refractivity contribution in [2.45, 2.75) is 140 Å². The van der Waals surface area contributed by atoms with E-state index in [1.807, 2.05) is 13.0 Å². The zero-order valence-corrected chi connectivity index (χ0v) is 44.9. The van der Waals surface area contributed by atoms with E-state index in [2.05, 4.69) is 0 Å². The van der Waals surface area contributed by atoms with E-state index in [0.29, 0.717) is 43.8 Å². The Morgan fingerprint density at radius 3 is 2.32 bits per heavy atom. The molecule has 0 saturated carbocycles. The number of benzene rings is 1. The van der Waals surface area contributed by atoms with Crippen LogP contribution in [0.3, 0.4) is 0 Å². The lowest BCUT2D eigenvalue weighted by Gasteiger charge is -2.41. The minimum Gasteiger partial charge on any atom is -0.495 e. The van der Waals surface area contributed by atoms with Crippen LogP contribution in [0.15, 0.2) is 35.9 Å². The first-order chi connectivity index (χ1) is 35.1. The average molecular weight is 1060 g/mol. The highest BCUT2D eigenvalue weighted by Crippen LogP contribution is 2.50. The summed E-state index contributed by atoms with van der Waals surface area (Å²) in [5.41, 5.74) is -0.945. The number of nitrogens with zero attached hydrogens (tertiary/aromatic N) is 4. The standard InChI is InChI=1S/C52H75ClN4O17/c1-10-71-50(65)56-19-16-36(17-20-56)57(21-23-70-25-24-69-22-18-45(61)62)43(59)15-14-42(58)54(6)34(4)49(64)73-41-29-44(60)55(7)37-27-35(28-38(67-8)47(37)53)26-32(2)12-11-13-40(68-9)52(66)30-39(72-46(63)31-52)33(3)48-51(41,5)74-48/h11-13,27-28,33-34,36,39-41,48,66H,10,14-26,29-31H2,1-9H3,(H,61,62)/b13-11+,32-12+/t33-,34+,39+,40-,41+,48?,51+,52-/m1/s1. The van der Waals surface area contributed by atoms with Crippen molar-refractivity contribution in [1.82, 2.24) is 14.7 Å². The Morgan fingerprint density at radius 2 is 1.68 bits per heavy atom. The molecule has 0 radical (unpaired) electrons. The molecule has 1 aromatic rings.